The first-order valence-corrected chi connectivity index (χ1v) is 11.2. The minimum absolute atomic E-state index is 0.00561. The van der Waals surface area contributed by atoms with Crippen molar-refractivity contribution in [3.05, 3.63) is 66.0 Å². The summed E-state index contributed by atoms with van der Waals surface area (Å²) in [6.45, 7) is 6.02. The Labute approximate surface area is 183 Å². The van der Waals surface area contributed by atoms with Crippen molar-refractivity contribution in [2.75, 3.05) is 11.5 Å². The molecule has 2 N–H and O–H groups in total. The van der Waals surface area contributed by atoms with E-state index in [0.29, 0.717) is 30.9 Å². The lowest BCUT2D eigenvalue weighted by Gasteiger charge is -2.23. The summed E-state index contributed by atoms with van der Waals surface area (Å²) in [5, 5.41) is 5.87. The van der Waals surface area contributed by atoms with Crippen LogP contribution < -0.4 is 10.6 Å². The molecular weight excluding hydrogens is 398 g/mol. The first kappa shape index (κ1) is 23.7. The predicted molar refractivity (Wildman–Crippen MR) is 121 cm³/mol. The molecule has 2 aromatic rings. The topological polar surface area (TPSA) is 80.3 Å². The van der Waals surface area contributed by atoms with Crippen molar-refractivity contribution in [3.63, 3.8) is 0 Å². The number of carbonyl (C=O) groups excluding carboxylic acids is 2. The van der Waals surface area contributed by atoms with Crippen LogP contribution >= 0.6 is 11.8 Å². The fourth-order valence-corrected chi connectivity index (χ4v) is 3.69. The lowest BCUT2D eigenvalue weighted by Crippen LogP contribution is -2.41. The van der Waals surface area contributed by atoms with Crippen LogP contribution in [0.25, 0.3) is 0 Å². The maximum atomic E-state index is 12.2. The average molecular weight is 430 g/mol. The summed E-state index contributed by atoms with van der Waals surface area (Å²) in [7, 11) is 0. The molecule has 0 bridgehead atoms. The standard InChI is InChI=1S/C23H31N3O3S/c1-23(2,3)29-22(28)26-20(14-18-8-5-4-6-9-18)17-30-13-11-21(27)25-16-19-10-7-12-24-15-19/h4-10,12,15,20H,11,13-14,16-17H2,1-3H3,(H,25,27)(H,26,28)/t20-/m1/s1. The third-order valence-corrected chi connectivity index (χ3v) is 5.18. The van der Waals surface area contributed by atoms with Crippen LogP contribution in [0, 0.1) is 0 Å². The van der Waals surface area contributed by atoms with E-state index in [4.69, 9.17) is 4.74 Å². The Hall–Kier alpha value is -2.54. The van der Waals surface area contributed by atoms with E-state index < -0.39 is 11.7 Å². The zero-order valence-electron chi connectivity index (χ0n) is 17.9. The molecule has 0 radical (unpaired) electrons. The van der Waals surface area contributed by atoms with Crippen molar-refractivity contribution < 1.29 is 14.3 Å². The van der Waals surface area contributed by atoms with Crippen molar-refractivity contribution in [2.45, 2.75) is 51.8 Å². The minimum Gasteiger partial charge on any atom is -0.444 e. The number of hydrogen-bond acceptors (Lipinski definition) is 5. The van der Waals surface area contributed by atoms with Crippen LogP contribution in [-0.4, -0.2) is 40.1 Å². The van der Waals surface area contributed by atoms with Crippen LogP contribution in [0.1, 0.15) is 38.3 Å². The van der Waals surface area contributed by atoms with Crippen LogP contribution in [0.15, 0.2) is 54.9 Å². The van der Waals surface area contributed by atoms with Gasteiger partial charge in [0.1, 0.15) is 5.60 Å². The maximum Gasteiger partial charge on any atom is 0.407 e. The molecular formula is C23H31N3O3S. The summed E-state index contributed by atoms with van der Waals surface area (Å²) in [4.78, 5) is 28.3. The molecule has 0 aliphatic rings. The van der Waals surface area contributed by atoms with E-state index >= 15 is 0 Å². The predicted octanol–water partition coefficient (Wildman–Crippen LogP) is 3.96. The number of carbonyl (C=O) groups is 2. The molecule has 0 saturated heterocycles. The monoisotopic (exact) mass is 429 g/mol. The van der Waals surface area contributed by atoms with E-state index in [1.807, 2.05) is 63.2 Å². The number of nitrogens with zero attached hydrogens (tertiary/aromatic N) is 1. The van der Waals surface area contributed by atoms with E-state index in [9.17, 15) is 9.59 Å². The highest BCUT2D eigenvalue weighted by Gasteiger charge is 2.20. The number of ether oxygens (including phenoxy) is 1. The van der Waals surface area contributed by atoms with E-state index in [1.54, 1.807) is 24.2 Å². The van der Waals surface area contributed by atoms with Crippen LogP contribution in [0.3, 0.4) is 0 Å². The first-order chi connectivity index (χ1) is 14.3. The molecule has 0 saturated carbocycles. The van der Waals surface area contributed by atoms with E-state index in [0.717, 1.165) is 11.1 Å². The molecule has 30 heavy (non-hydrogen) atoms. The number of amides is 2. The molecule has 1 aromatic heterocycles. The normalized spacial score (nSPS) is 12.1. The van der Waals surface area contributed by atoms with Crippen molar-refractivity contribution >= 4 is 23.8 Å². The third kappa shape index (κ3) is 10.3. The van der Waals surface area contributed by atoms with E-state index in [2.05, 4.69) is 15.6 Å². The molecule has 1 atom stereocenters. The van der Waals surface area contributed by atoms with Crippen molar-refractivity contribution in [1.29, 1.82) is 0 Å². The SMILES string of the molecule is CC(C)(C)OC(=O)N[C@@H](CSCCC(=O)NCc1cccnc1)Cc1ccccc1. The first-order valence-electron chi connectivity index (χ1n) is 10.1. The van der Waals surface area contributed by atoms with E-state index in [1.165, 1.54) is 0 Å². The molecule has 1 aromatic carbocycles. The molecule has 0 aliphatic carbocycles. The number of rotatable bonds is 10. The Balaban J connectivity index is 1.77. The maximum absolute atomic E-state index is 12.2. The Morgan fingerprint density at radius 3 is 2.50 bits per heavy atom. The minimum atomic E-state index is -0.541. The molecule has 0 unspecified atom stereocenters. The van der Waals surface area contributed by atoms with Gasteiger partial charge in [0.2, 0.25) is 5.91 Å². The summed E-state index contributed by atoms with van der Waals surface area (Å²) in [6, 6.07) is 13.7. The Kier molecular flexibility index (Phi) is 9.67. The van der Waals surface area contributed by atoms with Crippen molar-refractivity contribution in [2.24, 2.45) is 0 Å². The molecule has 1 heterocycles. The Bertz CT molecular complexity index is 779. The van der Waals surface area contributed by atoms with Gasteiger partial charge in [-0.25, -0.2) is 4.79 Å². The van der Waals surface area contributed by atoms with Gasteiger partial charge >= 0.3 is 6.09 Å². The molecule has 6 nitrogen and oxygen atoms in total. The number of hydrogen-bond donors (Lipinski definition) is 2. The summed E-state index contributed by atoms with van der Waals surface area (Å²) < 4.78 is 5.40. The lowest BCUT2D eigenvalue weighted by atomic mass is 10.1. The lowest BCUT2D eigenvalue weighted by molar-refractivity contribution is -0.120. The largest absolute Gasteiger partial charge is 0.444 e. The van der Waals surface area contributed by atoms with E-state index in [-0.39, 0.29) is 11.9 Å². The smallest absolute Gasteiger partial charge is 0.407 e. The zero-order valence-corrected chi connectivity index (χ0v) is 18.7. The highest BCUT2D eigenvalue weighted by Crippen LogP contribution is 2.12. The average Bonchev–Trinajstić information content (AvgIpc) is 2.69. The van der Waals surface area contributed by atoms with Gasteiger partial charge in [0.05, 0.1) is 0 Å². The van der Waals surface area contributed by atoms with Gasteiger partial charge in [0, 0.05) is 42.9 Å². The van der Waals surface area contributed by atoms with Gasteiger partial charge in [-0.15, -0.1) is 0 Å². The Morgan fingerprint density at radius 2 is 1.83 bits per heavy atom. The van der Waals surface area contributed by atoms with Crippen LogP contribution in [0.5, 0.6) is 0 Å². The van der Waals surface area contributed by atoms with Gasteiger partial charge in [-0.2, -0.15) is 11.8 Å². The molecule has 0 fully saturated rings. The molecule has 162 valence electrons. The second kappa shape index (κ2) is 12.2. The zero-order chi connectivity index (χ0) is 21.8. The number of benzene rings is 1. The summed E-state index contributed by atoms with van der Waals surface area (Å²) in [6.07, 6.45) is 4.17. The highest BCUT2D eigenvalue weighted by atomic mass is 32.2. The third-order valence-electron chi connectivity index (χ3n) is 4.05. The molecule has 0 spiro atoms. The number of thioether (sulfide) groups is 1. The summed E-state index contributed by atoms with van der Waals surface area (Å²) in [5.41, 5.74) is 1.58. The number of pyridine rings is 1. The van der Waals surface area contributed by atoms with Gasteiger partial charge < -0.3 is 15.4 Å². The van der Waals surface area contributed by atoms with Crippen LogP contribution in [0.4, 0.5) is 4.79 Å². The highest BCUT2D eigenvalue weighted by molar-refractivity contribution is 7.99. The van der Waals surface area contributed by atoms with Gasteiger partial charge in [-0.1, -0.05) is 36.4 Å². The number of aromatic nitrogens is 1. The van der Waals surface area contributed by atoms with Gasteiger partial charge in [-0.3, -0.25) is 9.78 Å². The van der Waals surface area contributed by atoms with Gasteiger partial charge in [0.25, 0.3) is 0 Å². The fourth-order valence-electron chi connectivity index (χ4n) is 2.71. The molecule has 2 rings (SSSR count). The summed E-state index contributed by atoms with van der Waals surface area (Å²) in [5.74, 6) is 1.38. The number of nitrogens with one attached hydrogen (secondary N) is 2. The molecule has 2 amide bonds. The molecule has 0 aliphatic heterocycles. The van der Waals surface area contributed by atoms with Crippen molar-refractivity contribution in [1.82, 2.24) is 15.6 Å². The second-order valence-electron chi connectivity index (χ2n) is 8.00. The van der Waals surface area contributed by atoms with Crippen LogP contribution in [0.2, 0.25) is 0 Å². The number of alkyl carbamates (subject to hydrolysis) is 1. The fraction of sp³-hybridized carbons (Fsp3) is 0.435. The van der Waals surface area contributed by atoms with Gasteiger partial charge in [-0.05, 0) is 44.4 Å². The second-order valence-corrected chi connectivity index (χ2v) is 9.15. The Morgan fingerprint density at radius 1 is 1.10 bits per heavy atom. The quantitative estimate of drug-likeness (QED) is 0.559. The summed E-state index contributed by atoms with van der Waals surface area (Å²) >= 11 is 1.65. The van der Waals surface area contributed by atoms with Crippen molar-refractivity contribution in [3.8, 4) is 0 Å². The van der Waals surface area contributed by atoms with Gasteiger partial charge in [0.15, 0.2) is 0 Å². The van der Waals surface area contributed by atoms with Crippen LogP contribution in [-0.2, 0) is 22.5 Å². The molecule has 7 heteroatoms.